The van der Waals surface area contributed by atoms with Crippen molar-refractivity contribution in [2.24, 2.45) is 0 Å². The number of amides is 1. The molecule has 2 fully saturated rings. The molecule has 4 rings (SSSR count). The number of anilines is 1. The first kappa shape index (κ1) is 23.4. The minimum atomic E-state index is -3.21. The van der Waals surface area contributed by atoms with Crippen molar-refractivity contribution in [3.63, 3.8) is 0 Å². The first-order valence-electron chi connectivity index (χ1n) is 11.3. The van der Waals surface area contributed by atoms with Gasteiger partial charge in [0.25, 0.3) is 5.91 Å². The van der Waals surface area contributed by atoms with Crippen LogP contribution in [0.4, 0.5) is 5.69 Å². The average molecular weight is 473 g/mol. The lowest BCUT2D eigenvalue weighted by molar-refractivity contribution is -0.135. The van der Waals surface area contributed by atoms with Crippen molar-refractivity contribution in [3.05, 3.63) is 48.5 Å². The maximum atomic E-state index is 13.0. The van der Waals surface area contributed by atoms with Crippen LogP contribution in [0.5, 0.6) is 11.5 Å². The summed E-state index contributed by atoms with van der Waals surface area (Å²) >= 11 is 0. The summed E-state index contributed by atoms with van der Waals surface area (Å²) in [5.74, 6) is 1.22. The van der Waals surface area contributed by atoms with Crippen LogP contribution < -0.4 is 19.7 Å². The normalized spacial score (nSPS) is 22.7. The third-order valence-corrected chi connectivity index (χ3v) is 7.74. The van der Waals surface area contributed by atoms with Crippen LogP contribution in [-0.2, 0) is 14.6 Å². The lowest BCUT2D eigenvalue weighted by Crippen LogP contribution is -2.55. The van der Waals surface area contributed by atoms with E-state index >= 15 is 0 Å². The second-order valence-electron chi connectivity index (χ2n) is 9.49. The molecule has 0 aliphatic carbocycles. The smallest absolute Gasteiger partial charge is 0.263 e. The lowest BCUT2D eigenvalue weighted by atomic mass is 9.95. The summed E-state index contributed by atoms with van der Waals surface area (Å²) < 4.78 is 34.7. The third-order valence-electron chi connectivity index (χ3n) is 6.61. The highest BCUT2D eigenvalue weighted by atomic mass is 32.2. The highest BCUT2D eigenvalue weighted by Crippen LogP contribution is 2.39. The van der Waals surface area contributed by atoms with Gasteiger partial charge in [0, 0.05) is 30.1 Å². The summed E-state index contributed by atoms with van der Waals surface area (Å²) in [5.41, 5.74) is 0.0366. The molecule has 2 aliphatic rings. The van der Waals surface area contributed by atoms with E-state index in [1.165, 1.54) is 6.26 Å². The highest BCUT2D eigenvalue weighted by molar-refractivity contribution is 7.90. The monoisotopic (exact) mass is 472 g/mol. The molecule has 1 unspecified atom stereocenters. The van der Waals surface area contributed by atoms with Gasteiger partial charge in [-0.3, -0.25) is 4.79 Å². The topological polar surface area (TPSA) is 84.9 Å². The summed E-state index contributed by atoms with van der Waals surface area (Å²) in [4.78, 5) is 15.8. The number of nitrogens with one attached hydrogen (secondary N) is 1. The van der Waals surface area contributed by atoms with Gasteiger partial charge in [0.15, 0.2) is 15.4 Å². The van der Waals surface area contributed by atoms with E-state index in [4.69, 9.17) is 9.47 Å². The van der Waals surface area contributed by atoms with Crippen LogP contribution >= 0.6 is 0 Å². The van der Waals surface area contributed by atoms with Crippen molar-refractivity contribution in [1.29, 1.82) is 0 Å². The van der Waals surface area contributed by atoms with E-state index in [2.05, 4.69) is 10.2 Å². The van der Waals surface area contributed by atoms with Gasteiger partial charge in [0.2, 0.25) is 0 Å². The maximum Gasteiger partial charge on any atom is 0.263 e. The van der Waals surface area contributed by atoms with E-state index in [-0.39, 0.29) is 11.9 Å². The van der Waals surface area contributed by atoms with E-state index in [9.17, 15) is 13.2 Å². The summed E-state index contributed by atoms with van der Waals surface area (Å²) in [7, 11) is -1.60. The molecule has 3 atom stereocenters. The summed E-state index contributed by atoms with van der Waals surface area (Å²) in [6.45, 7) is 3.55. The fraction of sp³-hybridized carbons (Fsp3) is 0.480. The molecule has 7 nitrogen and oxygen atoms in total. The van der Waals surface area contributed by atoms with E-state index in [0.717, 1.165) is 37.1 Å². The number of hydrogen-bond acceptors (Lipinski definition) is 6. The molecule has 2 bridgehead atoms. The van der Waals surface area contributed by atoms with Crippen molar-refractivity contribution in [2.45, 2.75) is 68.2 Å². The Kier molecular flexibility index (Phi) is 6.31. The van der Waals surface area contributed by atoms with Crippen molar-refractivity contribution >= 4 is 21.4 Å². The number of nitrogens with zero attached hydrogens (tertiary/aromatic N) is 1. The number of rotatable bonds is 7. The molecule has 0 aromatic heterocycles. The van der Waals surface area contributed by atoms with E-state index in [1.54, 1.807) is 57.4 Å². The van der Waals surface area contributed by atoms with Crippen LogP contribution in [0.25, 0.3) is 0 Å². The SMILES string of the molecule is COc1ccc(OC(C)(C)C(=O)NC2C[C@H]3CC[C@@H](C2)N3c2ccc(S(C)(=O)=O)cc2)cc1. The Morgan fingerprint density at radius 1 is 0.970 bits per heavy atom. The van der Waals surface area contributed by atoms with Gasteiger partial charge in [0.1, 0.15) is 11.5 Å². The molecule has 0 radical (unpaired) electrons. The fourth-order valence-corrected chi connectivity index (χ4v) is 5.56. The molecule has 1 amide bonds. The largest absolute Gasteiger partial charge is 0.497 e. The number of fused-ring (bicyclic) bond motifs is 2. The quantitative estimate of drug-likeness (QED) is 0.663. The molecule has 2 aliphatic heterocycles. The minimum Gasteiger partial charge on any atom is -0.497 e. The van der Waals surface area contributed by atoms with Gasteiger partial charge >= 0.3 is 0 Å². The van der Waals surface area contributed by atoms with Crippen molar-refractivity contribution in [3.8, 4) is 11.5 Å². The second kappa shape index (κ2) is 8.89. The molecule has 1 N–H and O–H groups in total. The Bertz CT molecular complexity index is 1080. The van der Waals surface area contributed by atoms with Gasteiger partial charge in [0.05, 0.1) is 12.0 Å². The number of piperidine rings is 1. The van der Waals surface area contributed by atoms with Gasteiger partial charge in [-0.1, -0.05) is 0 Å². The predicted molar refractivity (Wildman–Crippen MR) is 128 cm³/mol. The zero-order chi connectivity index (χ0) is 23.8. The molecule has 0 spiro atoms. The van der Waals surface area contributed by atoms with E-state index < -0.39 is 15.4 Å². The number of hydrogen-bond donors (Lipinski definition) is 1. The number of carbonyl (C=O) groups is 1. The maximum absolute atomic E-state index is 13.0. The summed E-state index contributed by atoms with van der Waals surface area (Å²) in [6.07, 6.45) is 5.07. The molecular weight excluding hydrogens is 440 g/mol. The molecular formula is C25H32N2O5S. The van der Waals surface area contributed by atoms with Crippen molar-refractivity contribution in [2.75, 3.05) is 18.3 Å². The standard InChI is InChI=1S/C25H32N2O5S/c1-25(2,32-22-11-9-21(31-3)10-12-22)24(28)26-17-15-19-5-6-20(16-17)27(19)18-7-13-23(14-8-18)33(4,29)30/h7-14,17,19-20H,5-6,15-16H2,1-4H3,(H,26,28)/t17?,19-,20+. The van der Waals surface area contributed by atoms with Gasteiger partial charge < -0.3 is 19.7 Å². The van der Waals surface area contributed by atoms with Gasteiger partial charge in [-0.15, -0.1) is 0 Å². The Morgan fingerprint density at radius 3 is 2.03 bits per heavy atom. The van der Waals surface area contributed by atoms with Crippen LogP contribution in [0.2, 0.25) is 0 Å². The van der Waals surface area contributed by atoms with Crippen molar-refractivity contribution < 1.29 is 22.7 Å². The Labute approximate surface area is 196 Å². The molecule has 33 heavy (non-hydrogen) atoms. The third kappa shape index (κ3) is 5.11. The van der Waals surface area contributed by atoms with Gasteiger partial charge in [-0.25, -0.2) is 8.42 Å². The molecule has 2 saturated heterocycles. The Morgan fingerprint density at radius 2 is 1.52 bits per heavy atom. The molecule has 2 aromatic carbocycles. The number of methoxy groups -OCH3 is 1. The van der Waals surface area contributed by atoms with E-state index in [0.29, 0.717) is 22.7 Å². The lowest BCUT2D eigenvalue weighted by Gasteiger charge is -2.41. The van der Waals surface area contributed by atoms with Crippen LogP contribution in [0.15, 0.2) is 53.4 Å². The molecule has 2 aromatic rings. The average Bonchev–Trinajstić information content (AvgIpc) is 3.03. The first-order chi connectivity index (χ1) is 15.6. The van der Waals surface area contributed by atoms with E-state index in [1.807, 2.05) is 12.1 Å². The van der Waals surface area contributed by atoms with Crippen LogP contribution in [0.1, 0.15) is 39.5 Å². The second-order valence-corrected chi connectivity index (χ2v) is 11.5. The summed E-state index contributed by atoms with van der Waals surface area (Å²) in [6, 6.07) is 15.1. The van der Waals surface area contributed by atoms with Crippen LogP contribution in [-0.4, -0.2) is 51.4 Å². The van der Waals surface area contributed by atoms with Crippen molar-refractivity contribution in [1.82, 2.24) is 5.32 Å². The Balaban J connectivity index is 1.38. The zero-order valence-electron chi connectivity index (χ0n) is 19.6. The minimum absolute atomic E-state index is 0.0836. The zero-order valence-corrected chi connectivity index (χ0v) is 20.4. The summed E-state index contributed by atoms with van der Waals surface area (Å²) in [5, 5.41) is 3.21. The number of benzene rings is 2. The first-order valence-corrected chi connectivity index (χ1v) is 13.2. The van der Waals surface area contributed by atoms with Gasteiger partial charge in [-0.2, -0.15) is 0 Å². The Hall–Kier alpha value is -2.74. The predicted octanol–water partition coefficient (Wildman–Crippen LogP) is 3.57. The fourth-order valence-electron chi connectivity index (χ4n) is 4.93. The number of sulfone groups is 1. The molecule has 178 valence electrons. The molecule has 0 saturated carbocycles. The molecule has 8 heteroatoms. The highest BCUT2D eigenvalue weighted by Gasteiger charge is 2.42. The van der Waals surface area contributed by atoms with Crippen LogP contribution in [0.3, 0.4) is 0 Å². The number of carbonyl (C=O) groups excluding carboxylic acids is 1. The molecule has 2 heterocycles. The number of ether oxygens (including phenoxy) is 2. The van der Waals surface area contributed by atoms with Crippen LogP contribution in [0, 0.1) is 0 Å². The van der Waals surface area contributed by atoms with Gasteiger partial charge in [-0.05, 0) is 88.1 Å².